The van der Waals surface area contributed by atoms with E-state index < -0.39 is 12.3 Å². The van der Waals surface area contributed by atoms with Gasteiger partial charge in [0, 0.05) is 18.7 Å². The van der Waals surface area contributed by atoms with Gasteiger partial charge in [0.25, 0.3) is 0 Å². The maximum absolute atomic E-state index is 11.9. The Morgan fingerprint density at radius 3 is 2.10 bits per heavy atom. The molecule has 2 aromatic rings. The molecule has 0 aliphatic heterocycles. The Balaban J connectivity index is 2.80. The van der Waals surface area contributed by atoms with E-state index in [1.807, 2.05) is 38.1 Å². The zero-order valence-electron chi connectivity index (χ0n) is 17.4. The first-order valence-electron chi connectivity index (χ1n) is 9.21. The van der Waals surface area contributed by atoms with Crippen molar-refractivity contribution in [1.29, 1.82) is 0 Å². The largest absolute Gasteiger partial charge is 0.513 e. The number of benzene rings is 2. The first-order chi connectivity index (χ1) is 13.9. The van der Waals surface area contributed by atoms with E-state index in [0.717, 1.165) is 27.8 Å². The highest BCUT2D eigenvalue weighted by Gasteiger charge is 2.23. The second-order valence-corrected chi connectivity index (χ2v) is 6.28. The Kier molecular flexibility index (Phi) is 8.03. The summed E-state index contributed by atoms with van der Waals surface area (Å²) in [4.78, 5) is 23.7. The fourth-order valence-electron chi connectivity index (χ4n) is 3.15. The molecule has 0 radical (unpaired) electrons. The highest BCUT2D eigenvalue weighted by Crippen LogP contribution is 2.42. The summed E-state index contributed by atoms with van der Waals surface area (Å²) >= 11 is 0. The van der Waals surface area contributed by atoms with Gasteiger partial charge in [-0.1, -0.05) is 36.8 Å². The van der Waals surface area contributed by atoms with Gasteiger partial charge >= 0.3 is 12.3 Å². The number of hydrogen-bond donors (Lipinski definition) is 0. The van der Waals surface area contributed by atoms with Crippen molar-refractivity contribution in [2.75, 3.05) is 27.9 Å². The predicted octanol–water partition coefficient (Wildman–Crippen LogP) is 4.70. The lowest BCUT2D eigenvalue weighted by atomic mass is 9.90. The number of carbonyl (C=O) groups excluding carboxylic acids is 2. The van der Waals surface area contributed by atoms with Crippen LogP contribution in [-0.4, -0.2) is 40.2 Å². The Morgan fingerprint density at radius 2 is 1.55 bits per heavy atom. The van der Waals surface area contributed by atoms with Crippen molar-refractivity contribution in [2.45, 2.75) is 26.7 Å². The van der Waals surface area contributed by atoms with Gasteiger partial charge < -0.3 is 23.7 Å². The van der Waals surface area contributed by atoms with E-state index in [-0.39, 0.29) is 11.5 Å². The third kappa shape index (κ3) is 5.48. The molecule has 0 atom stereocenters. The number of aryl methyl sites for hydroxylation is 1. The van der Waals surface area contributed by atoms with Gasteiger partial charge in [0.1, 0.15) is 11.5 Å². The zero-order valence-corrected chi connectivity index (χ0v) is 17.4. The van der Waals surface area contributed by atoms with Crippen LogP contribution in [0.15, 0.2) is 30.3 Å². The average molecular weight is 402 g/mol. The number of methoxy groups -OCH3 is 3. The van der Waals surface area contributed by atoms with E-state index >= 15 is 0 Å². The fraction of sp³-hybridized carbons (Fsp3) is 0.364. The highest BCUT2D eigenvalue weighted by atomic mass is 16.7. The van der Waals surface area contributed by atoms with Crippen LogP contribution in [0.2, 0.25) is 0 Å². The van der Waals surface area contributed by atoms with Crippen molar-refractivity contribution in [2.24, 2.45) is 0 Å². The molecule has 156 valence electrons. The van der Waals surface area contributed by atoms with Gasteiger partial charge in [-0.2, -0.15) is 0 Å². The number of rotatable bonds is 7. The second-order valence-electron chi connectivity index (χ2n) is 6.28. The van der Waals surface area contributed by atoms with E-state index in [0.29, 0.717) is 19.4 Å². The molecule has 2 aromatic carbocycles. The monoisotopic (exact) mass is 402 g/mol. The number of ether oxygens (including phenoxy) is 5. The highest BCUT2D eigenvalue weighted by molar-refractivity contribution is 5.81. The Hall–Kier alpha value is -3.06. The Bertz CT molecular complexity index is 874. The summed E-state index contributed by atoms with van der Waals surface area (Å²) in [6, 6.07) is 9.35. The molecule has 0 saturated heterocycles. The SMILES string of the molecule is CCc1c(OC(=O)OC)cc(OC(=O)OC)c(-c2cccc(C)c2)c1CCOC. The molecule has 2 rings (SSSR count). The third-order valence-corrected chi connectivity index (χ3v) is 4.41. The van der Waals surface area contributed by atoms with Gasteiger partial charge in [-0.25, -0.2) is 9.59 Å². The van der Waals surface area contributed by atoms with Gasteiger partial charge in [0.15, 0.2) is 0 Å². The summed E-state index contributed by atoms with van der Waals surface area (Å²) < 4.78 is 25.4. The van der Waals surface area contributed by atoms with Crippen molar-refractivity contribution in [3.63, 3.8) is 0 Å². The van der Waals surface area contributed by atoms with Crippen molar-refractivity contribution < 1.29 is 33.3 Å². The normalized spacial score (nSPS) is 10.4. The van der Waals surface area contributed by atoms with Crippen LogP contribution < -0.4 is 9.47 Å². The van der Waals surface area contributed by atoms with Gasteiger partial charge in [0.05, 0.1) is 20.8 Å². The van der Waals surface area contributed by atoms with Gasteiger partial charge in [0.2, 0.25) is 0 Å². The molecule has 0 spiro atoms. The smallest absolute Gasteiger partial charge is 0.437 e. The van der Waals surface area contributed by atoms with Crippen LogP contribution in [0.1, 0.15) is 23.6 Å². The summed E-state index contributed by atoms with van der Waals surface area (Å²) in [7, 11) is 4.07. The standard InChI is InChI=1S/C22H26O7/c1-6-16-17(10-11-25-3)20(15-9-7-8-14(2)12-15)19(29-22(24)27-5)13-18(16)28-21(23)26-4/h7-9,12-13H,6,10-11H2,1-5H3. The van der Waals surface area contributed by atoms with E-state index in [1.54, 1.807) is 7.11 Å². The quantitative estimate of drug-likeness (QED) is 0.490. The van der Waals surface area contributed by atoms with Gasteiger partial charge in [-0.05, 0) is 36.5 Å². The minimum Gasteiger partial charge on any atom is -0.437 e. The van der Waals surface area contributed by atoms with Crippen LogP contribution in [0.25, 0.3) is 11.1 Å². The molecule has 0 aliphatic rings. The van der Waals surface area contributed by atoms with Crippen LogP contribution in [0.5, 0.6) is 11.5 Å². The molecule has 0 aliphatic carbocycles. The van der Waals surface area contributed by atoms with Crippen molar-refractivity contribution in [1.82, 2.24) is 0 Å². The molecule has 29 heavy (non-hydrogen) atoms. The van der Waals surface area contributed by atoms with Crippen LogP contribution in [0, 0.1) is 6.92 Å². The molecule has 0 N–H and O–H groups in total. The third-order valence-electron chi connectivity index (χ3n) is 4.41. The summed E-state index contributed by atoms with van der Waals surface area (Å²) in [5.41, 5.74) is 4.32. The Labute approximate surface area is 170 Å². The molecular weight excluding hydrogens is 376 g/mol. The minimum atomic E-state index is -0.870. The van der Waals surface area contributed by atoms with Crippen LogP contribution >= 0.6 is 0 Å². The molecule has 7 heteroatoms. The first kappa shape index (κ1) is 22.2. The van der Waals surface area contributed by atoms with Gasteiger partial charge in [-0.3, -0.25) is 0 Å². The lowest BCUT2D eigenvalue weighted by molar-refractivity contribution is 0.119. The maximum Gasteiger partial charge on any atom is 0.513 e. The summed E-state index contributed by atoms with van der Waals surface area (Å²) in [6.45, 7) is 4.37. The first-order valence-corrected chi connectivity index (χ1v) is 9.21. The lowest BCUT2D eigenvalue weighted by Crippen LogP contribution is -2.14. The van der Waals surface area contributed by atoms with E-state index in [4.69, 9.17) is 14.2 Å². The molecule has 7 nitrogen and oxygen atoms in total. The fourth-order valence-corrected chi connectivity index (χ4v) is 3.15. The molecule has 0 fully saturated rings. The Morgan fingerprint density at radius 1 is 0.897 bits per heavy atom. The van der Waals surface area contributed by atoms with E-state index in [1.165, 1.54) is 20.3 Å². The average Bonchev–Trinajstić information content (AvgIpc) is 2.71. The molecule has 0 saturated carbocycles. The molecule has 0 bridgehead atoms. The minimum absolute atomic E-state index is 0.227. The molecule has 0 aromatic heterocycles. The van der Waals surface area contributed by atoms with Crippen LogP contribution in [0.4, 0.5) is 9.59 Å². The van der Waals surface area contributed by atoms with Crippen molar-refractivity contribution in [3.8, 4) is 22.6 Å². The molecular formula is C22H26O7. The molecule has 0 amide bonds. The van der Waals surface area contributed by atoms with Crippen LogP contribution in [0.3, 0.4) is 0 Å². The molecule has 0 unspecified atom stereocenters. The van der Waals surface area contributed by atoms with Crippen LogP contribution in [-0.2, 0) is 27.1 Å². The summed E-state index contributed by atoms with van der Waals surface area (Å²) in [6.07, 6.45) is -0.615. The van der Waals surface area contributed by atoms with Gasteiger partial charge in [-0.15, -0.1) is 0 Å². The number of carbonyl (C=O) groups is 2. The van der Waals surface area contributed by atoms with Crippen molar-refractivity contribution >= 4 is 12.3 Å². The molecule has 0 heterocycles. The maximum atomic E-state index is 11.9. The summed E-state index contributed by atoms with van der Waals surface area (Å²) in [5, 5.41) is 0. The topological polar surface area (TPSA) is 80.3 Å². The number of hydrogen-bond acceptors (Lipinski definition) is 7. The predicted molar refractivity (Wildman–Crippen MR) is 108 cm³/mol. The zero-order chi connectivity index (χ0) is 21.4. The van der Waals surface area contributed by atoms with E-state index in [2.05, 4.69) is 9.47 Å². The van der Waals surface area contributed by atoms with E-state index in [9.17, 15) is 9.59 Å². The van der Waals surface area contributed by atoms with Crippen molar-refractivity contribution in [3.05, 3.63) is 47.0 Å². The summed E-state index contributed by atoms with van der Waals surface area (Å²) in [5.74, 6) is 0.491. The second kappa shape index (κ2) is 10.5. The lowest BCUT2D eigenvalue weighted by Gasteiger charge is -2.21.